The maximum atomic E-state index is 12.1. The van der Waals surface area contributed by atoms with Crippen LogP contribution in [0.2, 0.25) is 0 Å². The van der Waals surface area contributed by atoms with Crippen LogP contribution < -0.4 is 11.0 Å². The maximum Gasteiger partial charge on any atom is 0.412 e. The van der Waals surface area contributed by atoms with E-state index in [1.165, 1.54) is 60.7 Å². The second-order valence-electron chi connectivity index (χ2n) is 6.77. The first-order chi connectivity index (χ1) is 13.6. The lowest BCUT2D eigenvalue weighted by molar-refractivity contribution is -0.00629. The summed E-state index contributed by atoms with van der Waals surface area (Å²) in [7, 11) is 0. The fourth-order valence-corrected chi connectivity index (χ4v) is 3.86. The van der Waals surface area contributed by atoms with Crippen molar-refractivity contribution in [3.8, 4) is 0 Å². The topological polar surface area (TPSA) is 103 Å². The van der Waals surface area contributed by atoms with Crippen molar-refractivity contribution >= 4 is 23.7 Å². The fraction of sp³-hybridized carbons (Fsp3) is 0.737. The molecule has 28 heavy (non-hydrogen) atoms. The van der Waals surface area contributed by atoms with Gasteiger partial charge in [0, 0.05) is 11.9 Å². The number of aliphatic hydroxyl groups is 1. The van der Waals surface area contributed by atoms with Gasteiger partial charge in [-0.1, -0.05) is 51.9 Å². The molecule has 2 N–H and O–H groups in total. The van der Waals surface area contributed by atoms with Gasteiger partial charge in [-0.05, 0) is 12.5 Å². The molecule has 158 valence electrons. The fourth-order valence-electron chi connectivity index (χ4n) is 2.93. The Morgan fingerprint density at radius 3 is 2.68 bits per heavy atom. The third-order valence-electron chi connectivity index (χ3n) is 4.48. The Balaban J connectivity index is 1.64. The lowest BCUT2D eigenvalue weighted by atomic mass is 10.1. The van der Waals surface area contributed by atoms with Crippen LogP contribution in [0.15, 0.2) is 17.1 Å². The standard InChI is InChI=1S/C19H31N3O5S/c1-2-3-4-5-6-7-8-9-12-26-19(25)21-15-10-11-22(18(24)20-15)16-14-28-17(13-23)27-16/h10-11,16-17,23H,2-9,12-14H2,1H3,(H,20,21,24,25)/t16-,17+/m0/s1. The number of hydrogen-bond donors (Lipinski definition) is 2. The van der Waals surface area contributed by atoms with Gasteiger partial charge in [-0.2, -0.15) is 4.98 Å². The number of rotatable bonds is 12. The van der Waals surface area contributed by atoms with Crippen LogP contribution in [-0.4, -0.2) is 45.2 Å². The molecule has 1 saturated heterocycles. The number of carbonyl (C=O) groups is 1. The monoisotopic (exact) mass is 413 g/mol. The van der Waals surface area contributed by atoms with Gasteiger partial charge >= 0.3 is 11.8 Å². The van der Waals surface area contributed by atoms with Crippen LogP contribution in [0.25, 0.3) is 0 Å². The van der Waals surface area contributed by atoms with E-state index in [-0.39, 0.29) is 17.9 Å². The SMILES string of the molecule is CCCCCCCCCCOC(=O)Nc1ccn([C@@H]2CS[C@H](CO)O2)c(=O)n1. The van der Waals surface area contributed by atoms with Crippen molar-refractivity contribution in [2.75, 3.05) is 24.3 Å². The van der Waals surface area contributed by atoms with Gasteiger partial charge in [0.05, 0.1) is 13.2 Å². The van der Waals surface area contributed by atoms with E-state index in [1.54, 1.807) is 0 Å². The third kappa shape index (κ3) is 7.81. The summed E-state index contributed by atoms with van der Waals surface area (Å²) in [6.45, 7) is 2.46. The van der Waals surface area contributed by atoms with E-state index in [9.17, 15) is 9.59 Å². The van der Waals surface area contributed by atoms with Crippen LogP contribution in [0.4, 0.5) is 10.6 Å². The second kappa shape index (κ2) is 12.8. The van der Waals surface area contributed by atoms with Crippen molar-refractivity contribution in [2.45, 2.75) is 70.0 Å². The summed E-state index contributed by atoms with van der Waals surface area (Å²) in [6.07, 6.45) is 9.84. The van der Waals surface area contributed by atoms with Crippen molar-refractivity contribution in [1.82, 2.24) is 9.55 Å². The number of unbranched alkanes of at least 4 members (excludes halogenated alkanes) is 7. The number of aliphatic hydroxyl groups excluding tert-OH is 1. The van der Waals surface area contributed by atoms with E-state index >= 15 is 0 Å². The molecule has 9 heteroatoms. The van der Waals surface area contributed by atoms with Crippen molar-refractivity contribution < 1.29 is 19.4 Å². The van der Waals surface area contributed by atoms with E-state index in [0.717, 1.165) is 19.3 Å². The van der Waals surface area contributed by atoms with Crippen molar-refractivity contribution in [2.24, 2.45) is 0 Å². The van der Waals surface area contributed by atoms with Gasteiger partial charge in [0.25, 0.3) is 0 Å². The minimum atomic E-state index is -0.611. The van der Waals surface area contributed by atoms with Crippen LogP contribution >= 0.6 is 11.8 Å². The van der Waals surface area contributed by atoms with Gasteiger partial charge in [0.15, 0.2) is 0 Å². The highest BCUT2D eigenvalue weighted by molar-refractivity contribution is 8.00. The number of nitrogens with zero attached hydrogens (tertiary/aromatic N) is 2. The van der Waals surface area contributed by atoms with Gasteiger partial charge in [0.2, 0.25) is 0 Å². The smallest absolute Gasteiger partial charge is 0.412 e. The highest BCUT2D eigenvalue weighted by atomic mass is 32.2. The van der Waals surface area contributed by atoms with E-state index in [0.29, 0.717) is 12.4 Å². The molecule has 0 unspecified atom stereocenters. The first-order valence-corrected chi connectivity index (χ1v) is 11.1. The molecule has 0 spiro atoms. The van der Waals surface area contributed by atoms with Crippen molar-refractivity contribution in [3.05, 3.63) is 22.7 Å². The molecule has 0 bridgehead atoms. The number of nitrogens with one attached hydrogen (secondary N) is 1. The molecule has 2 heterocycles. The average Bonchev–Trinajstić information content (AvgIpc) is 3.16. The van der Waals surface area contributed by atoms with Crippen molar-refractivity contribution in [1.29, 1.82) is 0 Å². The minimum absolute atomic E-state index is 0.103. The summed E-state index contributed by atoms with van der Waals surface area (Å²) in [6, 6.07) is 1.53. The van der Waals surface area contributed by atoms with Gasteiger partial charge in [-0.25, -0.2) is 9.59 Å². The van der Waals surface area contributed by atoms with Crippen LogP contribution in [-0.2, 0) is 9.47 Å². The molecular formula is C19H31N3O5S. The van der Waals surface area contributed by atoms with Gasteiger partial charge in [-0.3, -0.25) is 9.88 Å². The third-order valence-corrected chi connectivity index (χ3v) is 5.59. The number of hydrogen-bond acceptors (Lipinski definition) is 7. The van der Waals surface area contributed by atoms with Gasteiger partial charge in [-0.15, -0.1) is 11.8 Å². The zero-order chi connectivity index (χ0) is 20.2. The molecule has 2 rings (SSSR count). The number of anilines is 1. The summed E-state index contributed by atoms with van der Waals surface area (Å²) in [4.78, 5) is 27.8. The quantitative estimate of drug-likeness (QED) is 0.505. The molecule has 1 amide bonds. The lowest BCUT2D eigenvalue weighted by Crippen LogP contribution is -2.29. The van der Waals surface area contributed by atoms with Crippen LogP contribution in [0.5, 0.6) is 0 Å². The minimum Gasteiger partial charge on any atom is -0.449 e. The zero-order valence-corrected chi connectivity index (χ0v) is 17.3. The predicted octanol–water partition coefficient (Wildman–Crippen LogP) is 3.51. The average molecular weight is 414 g/mol. The van der Waals surface area contributed by atoms with Gasteiger partial charge in [0.1, 0.15) is 17.5 Å². The van der Waals surface area contributed by atoms with Crippen molar-refractivity contribution in [3.63, 3.8) is 0 Å². The normalized spacial score (nSPS) is 18.9. The largest absolute Gasteiger partial charge is 0.449 e. The Bertz CT molecular complexity index is 655. The van der Waals surface area contributed by atoms with E-state index in [4.69, 9.17) is 14.6 Å². The summed E-state index contributed by atoms with van der Waals surface area (Å²) >= 11 is 1.44. The lowest BCUT2D eigenvalue weighted by Gasteiger charge is -2.14. The highest BCUT2D eigenvalue weighted by Gasteiger charge is 2.27. The molecule has 2 atom stereocenters. The summed E-state index contributed by atoms with van der Waals surface area (Å²) in [5.74, 6) is 0.701. The Kier molecular flexibility index (Phi) is 10.4. The molecule has 0 radical (unpaired) electrons. The summed E-state index contributed by atoms with van der Waals surface area (Å²) in [5.41, 5.74) is -0.855. The molecule has 0 aromatic carbocycles. The molecule has 1 aromatic heterocycles. The zero-order valence-electron chi connectivity index (χ0n) is 16.5. The van der Waals surface area contributed by atoms with Crippen LogP contribution in [0.3, 0.4) is 0 Å². The Morgan fingerprint density at radius 1 is 1.32 bits per heavy atom. The molecule has 0 saturated carbocycles. The Morgan fingerprint density at radius 2 is 2.04 bits per heavy atom. The number of ether oxygens (including phenoxy) is 2. The first-order valence-electron chi connectivity index (χ1n) is 10.0. The van der Waals surface area contributed by atoms with Crippen LogP contribution in [0.1, 0.15) is 64.5 Å². The second-order valence-corrected chi connectivity index (χ2v) is 7.97. The van der Waals surface area contributed by atoms with E-state index in [1.807, 2.05) is 0 Å². The Labute approximate surface area is 170 Å². The molecule has 8 nitrogen and oxygen atoms in total. The molecule has 1 aliphatic rings. The molecular weight excluding hydrogens is 382 g/mol. The molecule has 1 aliphatic heterocycles. The Hall–Kier alpha value is -1.58. The number of amides is 1. The predicted molar refractivity (Wildman–Crippen MR) is 110 cm³/mol. The number of carbonyl (C=O) groups excluding carboxylic acids is 1. The summed E-state index contributed by atoms with van der Waals surface area (Å²) in [5, 5.41) is 11.6. The maximum absolute atomic E-state index is 12.1. The van der Waals surface area contributed by atoms with E-state index in [2.05, 4.69) is 17.2 Å². The van der Waals surface area contributed by atoms with Crippen LogP contribution in [0, 0.1) is 0 Å². The van der Waals surface area contributed by atoms with Gasteiger partial charge < -0.3 is 14.6 Å². The summed E-state index contributed by atoms with van der Waals surface area (Å²) < 4.78 is 12.0. The molecule has 1 aromatic rings. The number of thioether (sulfide) groups is 1. The first kappa shape index (κ1) is 22.7. The number of aromatic nitrogens is 2. The highest BCUT2D eigenvalue weighted by Crippen LogP contribution is 2.30. The molecule has 0 aliphatic carbocycles. The molecule has 1 fully saturated rings. The van der Waals surface area contributed by atoms with E-state index < -0.39 is 18.0 Å².